The number of hydrogen-bond donors (Lipinski definition) is 3. The zero-order valence-corrected chi connectivity index (χ0v) is 12.9. The SMILES string of the molecule is Nc1ncc(-c2cn[nH]c2)nc1NCc1c(Cl)cccc1Cl. The summed E-state index contributed by atoms with van der Waals surface area (Å²) in [4.78, 5) is 8.58. The van der Waals surface area contributed by atoms with Gasteiger partial charge in [0.05, 0.1) is 18.1 Å². The summed E-state index contributed by atoms with van der Waals surface area (Å²) in [6, 6.07) is 5.35. The Kier molecular flexibility index (Phi) is 4.13. The van der Waals surface area contributed by atoms with Gasteiger partial charge < -0.3 is 11.1 Å². The monoisotopic (exact) mass is 334 g/mol. The van der Waals surface area contributed by atoms with Gasteiger partial charge in [-0.15, -0.1) is 0 Å². The molecule has 8 heteroatoms. The Morgan fingerprint density at radius 1 is 1.18 bits per heavy atom. The summed E-state index contributed by atoms with van der Waals surface area (Å²) in [5, 5.41) is 10.9. The molecule has 112 valence electrons. The molecule has 0 fully saturated rings. The Morgan fingerprint density at radius 3 is 2.64 bits per heavy atom. The number of benzene rings is 1. The number of anilines is 2. The highest BCUT2D eigenvalue weighted by Gasteiger charge is 2.10. The molecular weight excluding hydrogens is 323 g/mol. The number of aromatic nitrogens is 4. The zero-order valence-electron chi connectivity index (χ0n) is 11.3. The summed E-state index contributed by atoms with van der Waals surface area (Å²) in [5.41, 5.74) is 8.12. The molecule has 4 N–H and O–H groups in total. The van der Waals surface area contributed by atoms with Crippen molar-refractivity contribution in [3.63, 3.8) is 0 Å². The second kappa shape index (κ2) is 6.21. The maximum atomic E-state index is 6.14. The maximum Gasteiger partial charge on any atom is 0.169 e. The van der Waals surface area contributed by atoms with E-state index in [1.807, 2.05) is 0 Å². The molecule has 0 saturated heterocycles. The first-order valence-corrected chi connectivity index (χ1v) is 7.19. The minimum absolute atomic E-state index is 0.301. The first kappa shape index (κ1) is 14.6. The van der Waals surface area contributed by atoms with E-state index in [-0.39, 0.29) is 0 Å². The fourth-order valence-corrected chi connectivity index (χ4v) is 2.46. The van der Waals surface area contributed by atoms with Crippen LogP contribution in [-0.2, 0) is 6.54 Å². The summed E-state index contributed by atoms with van der Waals surface area (Å²) in [6.07, 6.45) is 4.98. The van der Waals surface area contributed by atoms with Crippen LogP contribution in [0.4, 0.5) is 11.6 Å². The van der Waals surface area contributed by atoms with Crippen LogP contribution >= 0.6 is 23.2 Å². The van der Waals surface area contributed by atoms with Crippen molar-refractivity contribution in [2.24, 2.45) is 0 Å². The van der Waals surface area contributed by atoms with Crippen LogP contribution in [0.3, 0.4) is 0 Å². The molecule has 3 rings (SSSR count). The first-order chi connectivity index (χ1) is 10.6. The van der Waals surface area contributed by atoms with Gasteiger partial charge in [0.25, 0.3) is 0 Å². The van der Waals surface area contributed by atoms with Gasteiger partial charge in [-0.1, -0.05) is 29.3 Å². The van der Waals surface area contributed by atoms with Gasteiger partial charge in [-0.3, -0.25) is 5.10 Å². The van der Waals surface area contributed by atoms with Gasteiger partial charge in [0, 0.05) is 33.9 Å². The number of hydrogen-bond acceptors (Lipinski definition) is 5. The summed E-state index contributed by atoms with van der Waals surface area (Å²) >= 11 is 12.3. The minimum atomic E-state index is 0.301. The van der Waals surface area contributed by atoms with Crippen LogP contribution in [0, 0.1) is 0 Å². The van der Waals surface area contributed by atoms with Gasteiger partial charge in [-0.2, -0.15) is 5.10 Å². The van der Waals surface area contributed by atoms with E-state index in [1.54, 1.807) is 36.8 Å². The summed E-state index contributed by atoms with van der Waals surface area (Å²) in [5.74, 6) is 0.769. The normalized spacial score (nSPS) is 10.6. The van der Waals surface area contributed by atoms with Crippen LogP contribution in [-0.4, -0.2) is 20.2 Å². The fraction of sp³-hybridized carbons (Fsp3) is 0.0714. The largest absolute Gasteiger partial charge is 0.381 e. The third kappa shape index (κ3) is 2.98. The molecule has 0 radical (unpaired) electrons. The number of nitrogen functional groups attached to an aromatic ring is 1. The van der Waals surface area contributed by atoms with Gasteiger partial charge >= 0.3 is 0 Å². The third-order valence-electron chi connectivity index (χ3n) is 3.09. The van der Waals surface area contributed by atoms with Crippen molar-refractivity contribution in [2.75, 3.05) is 11.1 Å². The lowest BCUT2D eigenvalue weighted by molar-refractivity contribution is 1.09. The van der Waals surface area contributed by atoms with Gasteiger partial charge in [-0.25, -0.2) is 9.97 Å². The number of halogens is 2. The highest BCUT2D eigenvalue weighted by atomic mass is 35.5. The lowest BCUT2D eigenvalue weighted by atomic mass is 10.2. The predicted octanol–water partition coefficient (Wildman–Crippen LogP) is 3.37. The standard InChI is InChI=1S/C14H12Cl2N6/c15-10-2-1-3-11(16)9(10)6-19-14-13(17)18-7-12(22-14)8-4-20-21-5-8/h1-5,7H,6H2,(H2,17,18)(H,19,22)(H,20,21). The van der Waals surface area contributed by atoms with E-state index in [2.05, 4.69) is 25.5 Å². The molecule has 0 saturated carbocycles. The molecule has 2 heterocycles. The van der Waals surface area contributed by atoms with Crippen molar-refractivity contribution in [1.82, 2.24) is 20.2 Å². The molecular formula is C14H12Cl2N6. The Balaban J connectivity index is 1.85. The first-order valence-electron chi connectivity index (χ1n) is 6.43. The Hall–Kier alpha value is -2.31. The van der Waals surface area contributed by atoms with E-state index in [4.69, 9.17) is 28.9 Å². The molecule has 22 heavy (non-hydrogen) atoms. The van der Waals surface area contributed by atoms with E-state index >= 15 is 0 Å². The van der Waals surface area contributed by atoms with Crippen molar-refractivity contribution >= 4 is 34.8 Å². The van der Waals surface area contributed by atoms with Gasteiger partial charge in [-0.05, 0) is 12.1 Å². The van der Waals surface area contributed by atoms with Gasteiger partial charge in [0.15, 0.2) is 11.6 Å². The van der Waals surface area contributed by atoms with Crippen molar-refractivity contribution < 1.29 is 0 Å². The quantitative estimate of drug-likeness (QED) is 0.680. The molecule has 1 aromatic carbocycles. The van der Waals surface area contributed by atoms with E-state index in [1.165, 1.54) is 0 Å². The van der Waals surface area contributed by atoms with Crippen LogP contribution in [0.2, 0.25) is 10.0 Å². The smallest absolute Gasteiger partial charge is 0.169 e. The molecule has 0 aliphatic carbocycles. The van der Waals surface area contributed by atoms with Crippen molar-refractivity contribution in [1.29, 1.82) is 0 Å². The number of nitrogens with two attached hydrogens (primary N) is 1. The molecule has 2 aromatic heterocycles. The van der Waals surface area contributed by atoms with Gasteiger partial charge in [0.2, 0.25) is 0 Å². The predicted molar refractivity (Wildman–Crippen MR) is 87.8 cm³/mol. The van der Waals surface area contributed by atoms with E-state index in [0.717, 1.165) is 11.1 Å². The van der Waals surface area contributed by atoms with E-state index < -0.39 is 0 Å². The highest BCUT2D eigenvalue weighted by molar-refractivity contribution is 6.36. The number of rotatable bonds is 4. The molecule has 0 aliphatic heterocycles. The molecule has 0 bridgehead atoms. The topological polar surface area (TPSA) is 92.5 Å². The molecule has 0 unspecified atom stereocenters. The Bertz CT molecular complexity index is 768. The molecule has 0 atom stereocenters. The summed E-state index contributed by atoms with van der Waals surface area (Å²) in [6.45, 7) is 0.395. The summed E-state index contributed by atoms with van der Waals surface area (Å²) < 4.78 is 0. The molecule has 0 spiro atoms. The van der Waals surface area contributed by atoms with E-state index in [9.17, 15) is 0 Å². The number of nitrogens with one attached hydrogen (secondary N) is 2. The molecule has 3 aromatic rings. The third-order valence-corrected chi connectivity index (χ3v) is 3.80. The number of aromatic amines is 1. The zero-order chi connectivity index (χ0) is 15.5. The Labute approximate surface area is 136 Å². The van der Waals surface area contributed by atoms with Crippen LogP contribution < -0.4 is 11.1 Å². The summed E-state index contributed by atoms with van der Waals surface area (Å²) in [7, 11) is 0. The minimum Gasteiger partial charge on any atom is -0.381 e. The van der Waals surface area contributed by atoms with Crippen LogP contribution in [0.25, 0.3) is 11.3 Å². The van der Waals surface area contributed by atoms with Crippen molar-refractivity contribution in [2.45, 2.75) is 6.54 Å². The number of nitrogens with zero attached hydrogens (tertiary/aromatic N) is 3. The van der Waals surface area contributed by atoms with E-state index in [0.29, 0.717) is 33.9 Å². The van der Waals surface area contributed by atoms with Crippen molar-refractivity contribution in [3.05, 3.63) is 52.4 Å². The molecule has 0 aliphatic rings. The average Bonchev–Trinajstić information content (AvgIpc) is 3.02. The second-order valence-corrected chi connectivity index (χ2v) is 5.34. The van der Waals surface area contributed by atoms with Crippen LogP contribution in [0.5, 0.6) is 0 Å². The molecule has 6 nitrogen and oxygen atoms in total. The second-order valence-electron chi connectivity index (χ2n) is 4.53. The molecule has 0 amide bonds. The van der Waals surface area contributed by atoms with Crippen LogP contribution in [0.15, 0.2) is 36.8 Å². The van der Waals surface area contributed by atoms with Crippen LogP contribution in [0.1, 0.15) is 5.56 Å². The highest BCUT2D eigenvalue weighted by Crippen LogP contribution is 2.26. The average molecular weight is 335 g/mol. The maximum absolute atomic E-state index is 6.14. The van der Waals surface area contributed by atoms with Crippen molar-refractivity contribution in [3.8, 4) is 11.3 Å². The fourth-order valence-electron chi connectivity index (χ4n) is 1.93. The number of H-pyrrole nitrogens is 1. The lowest BCUT2D eigenvalue weighted by Crippen LogP contribution is -2.07. The van der Waals surface area contributed by atoms with Gasteiger partial charge in [0.1, 0.15) is 0 Å². The lowest BCUT2D eigenvalue weighted by Gasteiger charge is -2.11. The Morgan fingerprint density at radius 2 is 1.95 bits per heavy atom.